The van der Waals surface area contributed by atoms with Crippen LogP contribution in [0.3, 0.4) is 0 Å². The molecule has 0 saturated carbocycles. The van der Waals surface area contributed by atoms with Crippen molar-refractivity contribution >= 4 is 17.7 Å². The Labute approximate surface area is 155 Å². The summed E-state index contributed by atoms with van der Waals surface area (Å²) in [5.74, 6) is 1.76. The highest BCUT2D eigenvalue weighted by Gasteiger charge is 2.20. The summed E-state index contributed by atoms with van der Waals surface area (Å²) >= 11 is 1.72. The quantitative estimate of drug-likeness (QED) is 0.792. The Morgan fingerprint density at radius 3 is 2.40 bits per heavy atom. The Hall–Kier alpha value is -1.78. The molecule has 1 saturated heterocycles. The Kier molecular flexibility index (Phi) is 6.54. The van der Waals surface area contributed by atoms with Crippen LogP contribution in [0.15, 0.2) is 54.6 Å². The molecule has 3 rings (SSSR count). The third-order valence-electron chi connectivity index (χ3n) is 4.55. The average Bonchev–Trinajstić information content (AvgIpc) is 2.63. The van der Waals surface area contributed by atoms with E-state index in [1.54, 1.807) is 11.8 Å². The number of thioether (sulfide) groups is 1. The lowest BCUT2D eigenvalue weighted by Gasteiger charge is -2.34. The van der Waals surface area contributed by atoms with Gasteiger partial charge in [0.05, 0.1) is 5.75 Å². The smallest absolute Gasteiger partial charge is 0.232 e. The number of hydrogen-bond donors (Lipinski definition) is 0. The maximum absolute atomic E-state index is 12.4. The second-order valence-electron chi connectivity index (χ2n) is 6.62. The molecule has 0 aromatic heterocycles. The molecule has 0 N–H and O–H groups in total. The highest BCUT2D eigenvalue weighted by atomic mass is 32.2. The number of piperazine rings is 1. The minimum atomic E-state index is 0.275. The van der Waals surface area contributed by atoms with Crippen LogP contribution in [-0.2, 0) is 17.1 Å². The topological polar surface area (TPSA) is 23.6 Å². The summed E-state index contributed by atoms with van der Waals surface area (Å²) in [5.41, 5.74) is 3.92. The number of amides is 1. The molecule has 1 amide bonds. The van der Waals surface area contributed by atoms with Gasteiger partial charge in [-0.1, -0.05) is 60.2 Å². The summed E-state index contributed by atoms with van der Waals surface area (Å²) in [4.78, 5) is 16.9. The van der Waals surface area contributed by atoms with Gasteiger partial charge < -0.3 is 4.90 Å². The van der Waals surface area contributed by atoms with Crippen molar-refractivity contribution in [1.29, 1.82) is 0 Å². The van der Waals surface area contributed by atoms with Crippen LogP contribution in [0.4, 0.5) is 0 Å². The van der Waals surface area contributed by atoms with E-state index in [1.165, 1.54) is 16.7 Å². The fourth-order valence-electron chi connectivity index (χ4n) is 3.15. The summed E-state index contributed by atoms with van der Waals surface area (Å²) in [6.45, 7) is 6.69. The molecule has 4 heteroatoms. The molecule has 2 aromatic rings. The van der Waals surface area contributed by atoms with Crippen molar-refractivity contribution < 1.29 is 4.79 Å². The van der Waals surface area contributed by atoms with Gasteiger partial charge in [-0.3, -0.25) is 9.69 Å². The lowest BCUT2D eigenvalue weighted by molar-refractivity contribution is -0.130. The van der Waals surface area contributed by atoms with E-state index in [0.717, 1.165) is 38.5 Å². The van der Waals surface area contributed by atoms with E-state index in [9.17, 15) is 4.79 Å². The summed E-state index contributed by atoms with van der Waals surface area (Å²) in [5, 5.41) is 0. The molecule has 132 valence electrons. The van der Waals surface area contributed by atoms with Crippen LogP contribution in [0.1, 0.15) is 16.7 Å². The molecule has 1 heterocycles. The van der Waals surface area contributed by atoms with Gasteiger partial charge in [-0.25, -0.2) is 0 Å². The predicted octanol–water partition coefficient (Wildman–Crippen LogP) is 3.57. The average molecular weight is 355 g/mol. The van der Waals surface area contributed by atoms with Crippen LogP contribution in [0.5, 0.6) is 0 Å². The molecule has 0 aliphatic carbocycles. The van der Waals surface area contributed by atoms with Gasteiger partial charge in [-0.2, -0.15) is 0 Å². The van der Waals surface area contributed by atoms with Gasteiger partial charge in [-0.05, 0) is 18.1 Å². The first-order valence-corrected chi connectivity index (χ1v) is 10.0. The molecule has 25 heavy (non-hydrogen) atoms. The van der Waals surface area contributed by atoms with E-state index in [4.69, 9.17) is 0 Å². The number of benzene rings is 2. The van der Waals surface area contributed by atoms with E-state index in [2.05, 4.69) is 66.4 Å². The van der Waals surface area contributed by atoms with Gasteiger partial charge >= 0.3 is 0 Å². The number of aryl methyl sites for hydroxylation is 1. The fraction of sp³-hybridized carbons (Fsp3) is 0.381. The number of carbonyl (C=O) groups excluding carboxylic acids is 1. The largest absolute Gasteiger partial charge is 0.339 e. The maximum Gasteiger partial charge on any atom is 0.232 e. The van der Waals surface area contributed by atoms with Gasteiger partial charge in [0.2, 0.25) is 5.91 Å². The molecule has 0 spiro atoms. The zero-order valence-electron chi connectivity index (χ0n) is 14.9. The molecule has 2 aromatic carbocycles. The first-order chi connectivity index (χ1) is 12.2. The van der Waals surface area contributed by atoms with Gasteiger partial charge in [0.25, 0.3) is 0 Å². The Morgan fingerprint density at radius 2 is 1.68 bits per heavy atom. The van der Waals surface area contributed by atoms with Crippen molar-refractivity contribution in [1.82, 2.24) is 9.80 Å². The predicted molar refractivity (Wildman–Crippen MR) is 106 cm³/mol. The van der Waals surface area contributed by atoms with E-state index in [1.807, 2.05) is 4.90 Å². The second kappa shape index (κ2) is 9.07. The van der Waals surface area contributed by atoms with Crippen LogP contribution < -0.4 is 0 Å². The number of hydrogen-bond acceptors (Lipinski definition) is 3. The third kappa shape index (κ3) is 5.62. The molecular formula is C21H26N2OS. The first-order valence-electron chi connectivity index (χ1n) is 8.88. The van der Waals surface area contributed by atoms with Crippen molar-refractivity contribution in [3.05, 3.63) is 71.3 Å². The molecule has 1 aliphatic heterocycles. The first kappa shape index (κ1) is 18.0. The highest BCUT2D eigenvalue weighted by molar-refractivity contribution is 7.99. The van der Waals surface area contributed by atoms with E-state index < -0.39 is 0 Å². The minimum Gasteiger partial charge on any atom is -0.339 e. The monoisotopic (exact) mass is 354 g/mol. The Bertz CT molecular complexity index is 681. The summed E-state index contributed by atoms with van der Waals surface area (Å²) in [6, 6.07) is 19.1. The molecular weight excluding hydrogens is 328 g/mol. The number of rotatable bonds is 6. The van der Waals surface area contributed by atoms with Crippen LogP contribution in [0.25, 0.3) is 0 Å². The standard InChI is InChI=1S/C21H26N2OS/c1-18-6-5-9-20(14-18)16-25-17-21(24)23-12-10-22(11-13-23)15-19-7-3-2-4-8-19/h2-9,14H,10-13,15-17H2,1H3. The summed E-state index contributed by atoms with van der Waals surface area (Å²) in [7, 11) is 0. The lowest BCUT2D eigenvalue weighted by atomic mass is 10.2. The van der Waals surface area contributed by atoms with E-state index in [-0.39, 0.29) is 5.91 Å². The van der Waals surface area contributed by atoms with Crippen molar-refractivity contribution in [2.45, 2.75) is 19.2 Å². The van der Waals surface area contributed by atoms with Gasteiger partial charge in [0.15, 0.2) is 0 Å². The van der Waals surface area contributed by atoms with Gasteiger partial charge in [-0.15, -0.1) is 11.8 Å². The molecule has 1 aliphatic rings. The Morgan fingerprint density at radius 1 is 0.960 bits per heavy atom. The zero-order valence-corrected chi connectivity index (χ0v) is 15.7. The fourth-order valence-corrected chi connectivity index (χ4v) is 4.02. The van der Waals surface area contributed by atoms with Crippen molar-refractivity contribution in [3.8, 4) is 0 Å². The lowest BCUT2D eigenvalue weighted by Crippen LogP contribution is -2.48. The van der Waals surface area contributed by atoms with Crippen LogP contribution >= 0.6 is 11.8 Å². The number of carbonyl (C=O) groups is 1. The minimum absolute atomic E-state index is 0.275. The second-order valence-corrected chi connectivity index (χ2v) is 7.61. The van der Waals surface area contributed by atoms with Crippen LogP contribution in [-0.4, -0.2) is 47.6 Å². The summed E-state index contributed by atoms with van der Waals surface area (Å²) in [6.07, 6.45) is 0. The molecule has 3 nitrogen and oxygen atoms in total. The molecule has 0 unspecified atom stereocenters. The van der Waals surface area contributed by atoms with E-state index in [0.29, 0.717) is 5.75 Å². The zero-order chi connectivity index (χ0) is 17.5. The normalized spacial score (nSPS) is 15.3. The number of nitrogens with zero attached hydrogens (tertiary/aromatic N) is 2. The highest BCUT2D eigenvalue weighted by Crippen LogP contribution is 2.15. The molecule has 1 fully saturated rings. The molecule has 0 bridgehead atoms. The SMILES string of the molecule is Cc1cccc(CSCC(=O)N2CCN(Cc3ccccc3)CC2)c1. The van der Waals surface area contributed by atoms with E-state index >= 15 is 0 Å². The molecule has 0 radical (unpaired) electrons. The van der Waals surface area contributed by atoms with Crippen molar-refractivity contribution in [2.24, 2.45) is 0 Å². The van der Waals surface area contributed by atoms with Crippen LogP contribution in [0, 0.1) is 6.92 Å². The Balaban J connectivity index is 1.38. The van der Waals surface area contributed by atoms with Crippen molar-refractivity contribution in [3.63, 3.8) is 0 Å². The third-order valence-corrected chi connectivity index (χ3v) is 5.54. The molecule has 0 atom stereocenters. The van der Waals surface area contributed by atoms with Gasteiger partial charge in [0, 0.05) is 38.5 Å². The van der Waals surface area contributed by atoms with Gasteiger partial charge in [0.1, 0.15) is 0 Å². The van der Waals surface area contributed by atoms with Crippen molar-refractivity contribution in [2.75, 3.05) is 31.9 Å². The van der Waals surface area contributed by atoms with Crippen LogP contribution in [0.2, 0.25) is 0 Å². The summed E-state index contributed by atoms with van der Waals surface area (Å²) < 4.78 is 0. The maximum atomic E-state index is 12.4.